The molecule has 0 bridgehead atoms. The molecule has 0 amide bonds. The third-order valence-electron chi connectivity index (χ3n) is 5.27. The third kappa shape index (κ3) is 4.44. The van der Waals surface area contributed by atoms with Crippen LogP contribution in [-0.4, -0.2) is 53.7 Å². The Labute approximate surface area is 186 Å². The maximum Gasteiger partial charge on any atom is 0.307 e. The lowest BCUT2D eigenvalue weighted by atomic mass is 9.91. The molecule has 1 heterocycles. The molecule has 1 atom stereocenters. The summed E-state index contributed by atoms with van der Waals surface area (Å²) in [4.78, 5) is 12.2. The smallest absolute Gasteiger partial charge is 0.307 e. The molecule has 2 aromatic carbocycles. The Bertz CT molecular complexity index is 1090. The minimum absolute atomic E-state index is 0.0112. The van der Waals surface area contributed by atoms with Crippen LogP contribution in [0.5, 0.6) is 17.2 Å². The standard InChI is InChI=1S/C21H24ClNO7S/c1-27-18-6-5-14(10-16(18)22)31(25,26)23-8-7-13-9-19(28-2)20(29-3)11-15(13)17(23)12-21(24)30-4/h5-6,9-11,17H,7-8,12H2,1-4H3/t17-/m1/s1. The van der Waals surface area contributed by atoms with Gasteiger partial charge in [-0.25, -0.2) is 8.42 Å². The van der Waals surface area contributed by atoms with Gasteiger partial charge in [0, 0.05) is 6.54 Å². The van der Waals surface area contributed by atoms with Crippen molar-refractivity contribution in [1.29, 1.82) is 0 Å². The van der Waals surface area contributed by atoms with Crippen LogP contribution in [0.3, 0.4) is 0 Å². The highest BCUT2D eigenvalue weighted by molar-refractivity contribution is 7.89. The highest BCUT2D eigenvalue weighted by Crippen LogP contribution is 2.42. The summed E-state index contributed by atoms with van der Waals surface area (Å²) in [5.41, 5.74) is 1.54. The summed E-state index contributed by atoms with van der Waals surface area (Å²) in [6, 6.07) is 7.02. The van der Waals surface area contributed by atoms with Crippen molar-refractivity contribution >= 4 is 27.6 Å². The van der Waals surface area contributed by atoms with Crippen LogP contribution in [0.15, 0.2) is 35.2 Å². The third-order valence-corrected chi connectivity index (χ3v) is 7.47. The first-order chi connectivity index (χ1) is 14.8. The monoisotopic (exact) mass is 469 g/mol. The summed E-state index contributed by atoms with van der Waals surface area (Å²) in [5, 5.41) is 0.178. The van der Waals surface area contributed by atoms with Crippen LogP contribution in [0.2, 0.25) is 5.02 Å². The second-order valence-electron chi connectivity index (χ2n) is 6.86. The molecule has 0 aliphatic carbocycles. The van der Waals surface area contributed by atoms with Crippen LogP contribution >= 0.6 is 11.6 Å². The zero-order valence-corrected chi connectivity index (χ0v) is 19.2. The number of ether oxygens (including phenoxy) is 4. The van der Waals surface area contributed by atoms with Crippen LogP contribution in [0.4, 0.5) is 0 Å². The first-order valence-corrected chi connectivity index (χ1v) is 11.3. The number of hydrogen-bond donors (Lipinski definition) is 0. The van der Waals surface area contributed by atoms with Gasteiger partial charge in [0.1, 0.15) is 5.75 Å². The SMILES string of the molecule is COC(=O)C[C@@H]1c2cc(OC)c(OC)cc2CCN1S(=O)(=O)c1ccc(OC)c(Cl)c1. The van der Waals surface area contributed by atoms with Gasteiger partial charge >= 0.3 is 5.97 Å². The van der Waals surface area contributed by atoms with Gasteiger partial charge in [0.05, 0.1) is 50.8 Å². The number of rotatable bonds is 7. The summed E-state index contributed by atoms with van der Waals surface area (Å²) in [6.07, 6.45) is 0.290. The van der Waals surface area contributed by atoms with E-state index in [1.807, 2.05) is 6.07 Å². The van der Waals surface area contributed by atoms with E-state index in [2.05, 4.69) is 0 Å². The van der Waals surface area contributed by atoms with E-state index in [0.717, 1.165) is 5.56 Å². The molecule has 0 N–H and O–H groups in total. The quantitative estimate of drug-likeness (QED) is 0.575. The number of sulfonamides is 1. The van der Waals surface area contributed by atoms with Crippen LogP contribution in [0.1, 0.15) is 23.6 Å². The van der Waals surface area contributed by atoms with Gasteiger partial charge < -0.3 is 18.9 Å². The Kier molecular flexibility index (Phi) is 6.98. The lowest BCUT2D eigenvalue weighted by molar-refractivity contribution is -0.141. The van der Waals surface area contributed by atoms with Crippen molar-refractivity contribution in [2.75, 3.05) is 35.0 Å². The number of halogens is 1. The van der Waals surface area contributed by atoms with E-state index in [1.54, 1.807) is 6.07 Å². The number of fused-ring (bicyclic) bond motifs is 1. The summed E-state index contributed by atoms with van der Waals surface area (Å²) in [6.45, 7) is 0.177. The minimum Gasteiger partial charge on any atom is -0.495 e. The summed E-state index contributed by atoms with van der Waals surface area (Å²) >= 11 is 6.16. The highest BCUT2D eigenvalue weighted by atomic mass is 35.5. The van der Waals surface area contributed by atoms with E-state index in [9.17, 15) is 13.2 Å². The number of nitrogens with zero attached hydrogens (tertiary/aromatic N) is 1. The summed E-state index contributed by atoms with van der Waals surface area (Å²) in [5.74, 6) is 0.826. The van der Waals surface area contributed by atoms with Crippen LogP contribution in [-0.2, 0) is 26.0 Å². The van der Waals surface area contributed by atoms with E-state index in [4.69, 9.17) is 30.5 Å². The van der Waals surface area contributed by atoms with Gasteiger partial charge in [-0.1, -0.05) is 11.6 Å². The molecule has 0 fully saturated rings. The molecule has 0 saturated carbocycles. The number of esters is 1. The average molecular weight is 470 g/mol. The van der Waals surface area contributed by atoms with Crippen molar-refractivity contribution in [3.8, 4) is 17.2 Å². The van der Waals surface area contributed by atoms with Gasteiger partial charge in [0.2, 0.25) is 10.0 Å². The Hall–Kier alpha value is -2.49. The fraction of sp³-hybridized carbons (Fsp3) is 0.381. The zero-order valence-electron chi connectivity index (χ0n) is 17.7. The number of methoxy groups -OCH3 is 4. The largest absolute Gasteiger partial charge is 0.495 e. The molecule has 2 aromatic rings. The Morgan fingerprint density at radius 2 is 1.68 bits per heavy atom. The molecule has 0 unspecified atom stereocenters. The molecule has 31 heavy (non-hydrogen) atoms. The molecule has 1 aliphatic heterocycles. The fourth-order valence-electron chi connectivity index (χ4n) is 3.69. The zero-order chi connectivity index (χ0) is 22.8. The van der Waals surface area contributed by atoms with Crippen molar-refractivity contribution in [3.05, 3.63) is 46.5 Å². The number of carbonyl (C=O) groups excluding carboxylic acids is 1. The Balaban J connectivity index is 2.11. The van der Waals surface area contributed by atoms with Gasteiger partial charge in [0.15, 0.2) is 11.5 Å². The van der Waals surface area contributed by atoms with Crippen LogP contribution < -0.4 is 14.2 Å². The minimum atomic E-state index is -3.98. The molecule has 10 heteroatoms. The molecular weight excluding hydrogens is 446 g/mol. The molecule has 0 radical (unpaired) electrons. The predicted octanol–water partition coefficient (Wildman–Crippen LogP) is 3.22. The van der Waals surface area contributed by atoms with E-state index >= 15 is 0 Å². The van der Waals surface area contributed by atoms with E-state index < -0.39 is 22.0 Å². The van der Waals surface area contributed by atoms with Crippen molar-refractivity contribution in [3.63, 3.8) is 0 Å². The van der Waals surface area contributed by atoms with Crippen molar-refractivity contribution in [2.24, 2.45) is 0 Å². The van der Waals surface area contributed by atoms with Gasteiger partial charge in [-0.15, -0.1) is 0 Å². The first kappa shape index (κ1) is 23.2. The van der Waals surface area contributed by atoms with Crippen LogP contribution in [0.25, 0.3) is 0 Å². The van der Waals surface area contributed by atoms with Gasteiger partial charge in [-0.2, -0.15) is 4.31 Å². The van der Waals surface area contributed by atoms with Gasteiger partial charge in [-0.3, -0.25) is 4.79 Å². The molecule has 1 aliphatic rings. The van der Waals surface area contributed by atoms with E-state index in [1.165, 1.54) is 50.9 Å². The maximum atomic E-state index is 13.5. The topological polar surface area (TPSA) is 91.4 Å². The maximum absolute atomic E-state index is 13.5. The molecule has 0 spiro atoms. The Morgan fingerprint density at radius 3 is 2.26 bits per heavy atom. The van der Waals surface area contributed by atoms with Crippen molar-refractivity contribution in [2.45, 2.75) is 23.8 Å². The lowest BCUT2D eigenvalue weighted by Crippen LogP contribution is -2.41. The summed E-state index contributed by atoms with van der Waals surface area (Å²) in [7, 11) is 1.77. The van der Waals surface area contributed by atoms with E-state index in [-0.39, 0.29) is 22.9 Å². The number of carbonyl (C=O) groups is 1. The fourth-order valence-corrected chi connectivity index (χ4v) is 5.64. The van der Waals surface area contributed by atoms with Crippen molar-refractivity contribution in [1.82, 2.24) is 4.31 Å². The normalized spacial score (nSPS) is 16.4. The van der Waals surface area contributed by atoms with Crippen LogP contribution in [0, 0.1) is 0 Å². The second kappa shape index (κ2) is 9.33. The molecule has 168 valence electrons. The summed E-state index contributed by atoms with van der Waals surface area (Å²) < 4.78 is 49.0. The first-order valence-electron chi connectivity index (χ1n) is 9.43. The second-order valence-corrected chi connectivity index (χ2v) is 9.16. The van der Waals surface area contributed by atoms with Crippen molar-refractivity contribution < 1.29 is 32.2 Å². The number of hydrogen-bond acceptors (Lipinski definition) is 7. The molecule has 0 aromatic heterocycles. The molecule has 0 saturated heterocycles. The predicted molar refractivity (Wildman–Crippen MR) is 115 cm³/mol. The van der Waals surface area contributed by atoms with Gasteiger partial charge in [-0.05, 0) is 47.9 Å². The van der Waals surface area contributed by atoms with Gasteiger partial charge in [0.25, 0.3) is 0 Å². The van der Waals surface area contributed by atoms with E-state index in [0.29, 0.717) is 29.2 Å². The molecule has 3 rings (SSSR count). The molecular formula is C21H24ClNO7S. The highest BCUT2D eigenvalue weighted by Gasteiger charge is 2.39. The Morgan fingerprint density at radius 1 is 1.03 bits per heavy atom. The lowest BCUT2D eigenvalue weighted by Gasteiger charge is -2.36. The average Bonchev–Trinajstić information content (AvgIpc) is 2.77. The molecule has 8 nitrogen and oxygen atoms in total. The number of benzene rings is 2.